The lowest BCUT2D eigenvalue weighted by molar-refractivity contribution is -0.384. The van der Waals surface area contributed by atoms with E-state index < -0.39 is 4.92 Å². The predicted molar refractivity (Wildman–Crippen MR) is 71.4 cm³/mol. The minimum Gasteiger partial charge on any atom is -0.378 e. The van der Waals surface area contributed by atoms with Crippen LogP contribution in [0.1, 0.15) is 6.42 Å². The SMILES string of the molecule is O=C(CCNc1ncccc1[N+](=O)[O-])N1CCOCC1. The fourth-order valence-electron chi connectivity index (χ4n) is 1.94. The third kappa shape index (κ3) is 3.64. The van der Waals surface area contributed by atoms with E-state index in [9.17, 15) is 14.9 Å². The van der Waals surface area contributed by atoms with Gasteiger partial charge in [0.25, 0.3) is 0 Å². The predicted octanol–water partition coefficient (Wildman–Crippen LogP) is 0.651. The van der Waals surface area contributed by atoms with Crippen molar-refractivity contribution >= 4 is 17.4 Å². The maximum atomic E-state index is 11.9. The second-order valence-electron chi connectivity index (χ2n) is 4.30. The van der Waals surface area contributed by atoms with E-state index in [4.69, 9.17) is 4.74 Å². The Morgan fingerprint density at radius 1 is 1.50 bits per heavy atom. The highest BCUT2D eigenvalue weighted by molar-refractivity contribution is 5.76. The Morgan fingerprint density at radius 2 is 2.25 bits per heavy atom. The molecular weight excluding hydrogens is 264 g/mol. The normalized spacial score (nSPS) is 14.9. The summed E-state index contributed by atoms with van der Waals surface area (Å²) in [6, 6.07) is 2.88. The van der Waals surface area contributed by atoms with Crippen molar-refractivity contribution in [2.45, 2.75) is 6.42 Å². The van der Waals surface area contributed by atoms with E-state index in [1.807, 2.05) is 0 Å². The lowest BCUT2D eigenvalue weighted by Crippen LogP contribution is -2.41. The Labute approximate surface area is 115 Å². The molecule has 8 heteroatoms. The first-order valence-electron chi connectivity index (χ1n) is 6.37. The van der Waals surface area contributed by atoms with Crippen LogP contribution in [0.3, 0.4) is 0 Å². The molecule has 1 aromatic rings. The molecule has 1 aromatic heterocycles. The number of nitro groups is 1. The van der Waals surface area contributed by atoms with Crippen LogP contribution in [0, 0.1) is 10.1 Å². The monoisotopic (exact) mass is 280 g/mol. The number of hydrogen-bond donors (Lipinski definition) is 1. The van der Waals surface area contributed by atoms with Crippen molar-refractivity contribution in [1.29, 1.82) is 0 Å². The molecular formula is C12H16N4O4. The van der Waals surface area contributed by atoms with Crippen LogP contribution in [0.2, 0.25) is 0 Å². The van der Waals surface area contributed by atoms with Crippen molar-refractivity contribution in [2.24, 2.45) is 0 Å². The Balaban J connectivity index is 1.83. The Bertz CT molecular complexity index is 488. The number of hydrogen-bond acceptors (Lipinski definition) is 6. The zero-order valence-corrected chi connectivity index (χ0v) is 10.9. The summed E-state index contributed by atoms with van der Waals surface area (Å²) in [7, 11) is 0. The van der Waals surface area contributed by atoms with E-state index in [2.05, 4.69) is 10.3 Å². The fraction of sp³-hybridized carbons (Fsp3) is 0.500. The van der Waals surface area contributed by atoms with Crippen LogP contribution in [0.15, 0.2) is 18.3 Å². The molecule has 0 radical (unpaired) electrons. The largest absolute Gasteiger partial charge is 0.378 e. The number of pyridine rings is 1. The first-order chi connectivity index (χ1) is 9.68. The molecule has 108 valence electrons. The molecule has 1 aliphatic rings. The summed E-state index contributed by atoms with van der Waals surface area (Å²) in [5, 5.41) is 13.6. The van der Waals surface area contributed by atoms with Gasteiger partial charge in [-0.25, -0.2) is 4.98 Å². The van der Waals surface area contributed by atoms with Crippen LogP contribution >= 0.6 is 0 Å². The van der Waals surface area contributed by atoms with Gasteiger partial charge in [-0.3, -0.25) is 14.9 Å². The van der Waals surface area contributed by atoms with Gasteiger partial charge in [-0.2, -0.15) is 0 Å². The molecule has 0 saturated carbocycles. The van der Waals surface area contributed by atoms with Crippen molar-refractivity contribution in [3.05, 3.63) is 28.4 Å². The summed E-state index contributed by atoms with van der Waals surface area (Å²) >= 11 is 0. The summed E-state index contributed by atoms with van der Waals surface area (Å²) in [6.45, 7) is 2.63. The molecule has 0 aliphatic carbocycles. The molecule has 1 saturated heterocycles. The summed E-state index contributed by atoms with van der Waals surface area (Å²) in [6.07, 6.45) is 1.74. The lowest BCUT2D eigenvalue weighted by Gasteiger charge is -2.26. The molecule has 1 fully saturated rings. The van der Waals surface area contributed by atoms with Gasteiger partial charge < -0.3 is 15.0 Å². The number of nitrogens with one attached hydrogen (secondary N) is 1. The molecule has 1 N–H and O–H groups in total. The minimum atomic E-state index is -0.501. The molecule has 20 heavy (non-hydrogen) atoms. The second kappa shape index (κ2) is 6.80. The van der Waals surface area contributed by atoms with Gasteiger partial charge in [-0.05, 0) is 6.07 Å². The average Bonchev–Trinajstić information content (AvgIpc) is 2.48. The van der Waals surface area contributed by atoms with Gasteiger partial charge in [-0.15, -0.1) is 0 Å². The van der Waals surface area contributed by atoms with Crippen molar-refractivity contribution < 1.29 is 14.5 Å². The van der Waals surface area contributed by atoms with E-state index in [-0.39, 0.29) is 23.8 Å². The van der Waals surface area contributed by atoms with Gasteiger partial charge in [0.2, 0.25) is 11.7 Å². The Kier molecular flexibility index (Phi) is 4.83. The van der Waals surface area contributed by atoms with Crippen LogP contribution in [0.25, 0.3) is 0 Å². The van der Waals surface area contributed by atoms with Crippen LogP contribution in [0.4, 0.5) is 11.5 Å². The number of aromatic nitrogens is 1. The van der Waals surface area contributed by atoms with Gasteiger partial charge >= 0.3 is 5.69 Å². The first-order valence-corrected chi connectivity index (χ1v) is 6.37. The first kappa shape index (κ1) is 14.2. The van der Waals surface area contributed by atoms with Crippen LogP contribution in [-0.4, -0.2) is 53.6 Å². The van der Waals surface area contributed by atoms with Gasteiger partial charge in [0.15, 0.2) is 0 Å². The van der Waals surface area contributed by atoms with Gasteiger partial charge in [0.05, 0.1) is 18.1 Å². The van der Waals surface area contributed by atoms with Gasteiger partial charge in [-0.1, -0.05) is 0 Å². The van der Waals surface area contributed by atoms with Crippen LogP contribution in [0.5, 0.6) is 0 Å². The number of anilines is 1. The average molecular weight is 280 g/mol. The lowest BCUT2D eigenvalue weighted by atomic mass is 10.3. The number of morpholine rings is 1. The summed E-state index contributed by atoms with van der Waals surface area (Å²) in [5.41, 5.74) is -0.0914. The molecule has 8 nitrogen and oxygen atoms in total. The van der Waals surface area contributed by atoms with Gasteiger partial charge in [0.1, 0.15) is 0 Å². The Hall–Kier alpha value is -2.22. The third-order valence-corrected chi connectivity index (χ3v) is 2.98. The van der Waals surface area contributed by atoms with E-state index in [1.54, 1.807) is 4.90 Å². The van der Waals surface area contributed by atoms with Crippen LogP contribution in [-0.2, 0) is 9.53 Å². The summed E-state index contributed by atoms with van der Waals surface area (Å²) in [5.74, 6) is 0.201. The minimum absolute atomic E-state index is 0.0133. The summed E-state index contributed by atoms with van der Waals surface area (Å²) in [4.78, 5) is 27.8. The quantitative estimate of drug-likeness (QED) is 0.628. The van der Waals surface area contributed by atoms with Crippen molar-refractivity contribution in [3.63, 3.8) is 0 Å². The third-order valence-electron chi connectivity index (χ3n) is 2.98. The topological polar surface area (TPSA) is 97.6 Å². The standard InChI is InChI=1S/C12H16N4O4/c17-11(15-6-8-20-9-7-15)3-5-14-12-10(16(18)19)2-1-4-13-12/h1-2,4H,3,5-9H2,(H,13,14). The second-order valence-corrected chi connectivity index (χ2v) is 4.30. The molecule has 1 aliphatic heterocycles. The highest BCUT2D eigenvalue weighted by Gasteiger charge is 2.17. The maximum Gasteiger partial charge on any atom is 0.311 e. The van der Waals surface area contributed by atoms with Crippen molar-refractivity contribution in [2.75, 3.05) is 38.2 Å². The number of ether oxygens (including phenoxy) is 1. The zero-order chi connectivity index (χ0) is 14.4. The number of carbonyl (C=O) groups excluding carboxylic acids is 1. The molecule has 1 amide bonds. The summed E-state index contributed by atoms with van der Waals surface area (Å²) < 4.78 is 5.17. The van der Waals surface area contributed by atoms with E-state index >= 15 is 0 Å². The van der Waals surface area contributed by atoms with Gasteiger partial charge in [0, 0.05) is 38.3 Å². The highest BCUT2D eigenvalue weighted by atomic mass is 16.6. The number of carbonyl (C=O) groups is 1. The van der Waals surface area contributed by atoms with Crippen molar-refractivity contribution in [1.82, 2.24) is 9.88 Å². The van der Waals surface area contributed by atoms with Crippen molar-refractivity contribution in [3.8, 4) is 0 Å². The Morgan fingerprint density at radius 3 is 2.95 bits per heavy atom. The number of amides is 1. The fourth-order valence-corrected chi connectivity index (χ4v) is 1.94. The maximum absolute atomic E-state index is 11.9. The molecule has 2 heterocycles. The number of nitrogens with zero attached hydrogens (tertiary/aromatic N) is 3. The van der Waals surface area contributed by atoms with E-state index in [0.29, 0.717) is 32.8 Å². The van der Waals surface area contributed by atoms with E-state index in [1.165, 1.54) is 18.3 Å². The zero-order valence-electron chi connectivity index (χ0n) is 10.9. The smallest absolute Gasteiger partial charge is 0.311 e. The highest BCUT2D eigenvalue weighted by Crippen LogP contribution is 2.19. The number of rotatable bonds is 5. The molecule has 0 bridgehead atoms. The molecule has 0 atom stereocenters. The van der Waals surface area contributed by atoms with E-state index in [0.717, 1.165) is 0 Å². The molecule has 0 aromatic carbocycles. The molecule has 0 unspecified atom stereocenters. The van der Waals surface area contributed by atoms with Crippen LogP contribution < -0.4 is 5.32 Å². The molecule has 2 rings (SSSR count). The molecule has 0 spiro atoms.